The summed E-state index contributed by atoms with van der Waals surface area (Å²) < 4.78 is 5.48. The van der Waals surface area contributed by atoms with E-state index in [9.17, 15) is 4.79 Å². The average Bonchev–Trinajstić information content (AvgIpc) is 2.35. The van der Waals surface area contributed by atoms with Crippen molar-refractivity contribution in [1.82, 2.24) is 4.98 Å². The molecule has 0 spiro atoms. The lowest BCUT2D eigenvalue weighted by Gasteiger charge is -2.06. The van der Waals surface area contributed by atoms with Crippen LogP contribution in [0.4, 0.5) is 0 Å². The van der Waals surface area contributed by atoms with E-state index in [4.69, 9.17) is 9.84 Å². The number of para-hydroxylation sites is 1. The minimum Gasteiger partial charge on any atom is -0.488 e. The van der Waals surface area contributed by atoms with Gasteiger partial charge in [0.25, 0.3) is 0 Å². The van der Waals surface area contributed by atoms with Crippen LogP contribution in [0.25, 0.3) is 10.9 Å². The number of ether oxygens (including phenoxy) is 1. The molecule has 2 rings (SSSR count). The molecule has 1 N–H and O–H groups in total. The maximum atomic E-state index is 10.5. The Hall–Kier alpha value is -2.36. The van der Waals surface area contributed by atoms with Crippen LogP contribution in [0.5, 0.6) is 5.75 Å². The first kappa shape index (κ1) is 12.1. The Morgan fingerprint density at radius 2 is 2.22 bits per heavy atom. The quantitative estimate of drug-likeness (QED) is 0.838. The number of carboxylic acids is 1. The Labute approximate surface area is 105 Å². The summed E-state index contributed by atoms with van der Waals surface area (Å²) in [5.74, 6) is -0.334. The molecule has 0 aliphatic rings. The molecule has 0 unspecified atom stereocenters. The summed E-state index contributed by atoms with van der Waals surface area (Å²) in [6.45, 7) is 1.95. The summed E-state index contributed by atoms with van der Waals surface area (Å²) in [6, 6.07) is 9.62. The van der Waals surface area contributed by atoms with E-state index in [-0.39, 0.29) is 6.61 Å². The molecule has 18 heavy (non-hydrogen) atoms. The lowest BCUT2D eigenvalue weighted by Crippen LogP contribution is -2.01. The van der Waals surface area contributed by atoms with E-state index in [0.717, 1.165) is 17.0 Å². The molecule has 0 amide bonds. The fourth-order valence-electron chi connectivity index (χ4n) is 1.58. The van der Waals surface area contributed by atoms with Crippen molar-refractivity contribution >= 4 is 16.9 Å². The second-order valence-electron chi connectivity index (χ2n) is 3.98. The topological polar surface area (TPSA) is 59.4 Å². The summed E-state index contributed by atoms with van der Waals surface area (Å²) in [5, 5.41) is 9.57. The maximum absolute atomic E-state index is 10.5. The first-order chi connectivity index (χ1) is 8.65. The van der Waals surface area contributed by atoms with Crippen molar-refractivity contribution in [2.75, 3.05) is 6.61 Å². The Balaban J connectivity index is 2.10. The number of nitrogens with zero attached hydrogens (tertiary/aromatic N) is 1. The number of hydrogen-bond acceptors (Lipinski definition) is 3. The van der Waals surface area contributed by atoms with Gasteiger partial charge in [0.1, 0.15) is 12.4 Å². The van der Waals surface area contributed by atoms with Crippen molar-refractivity contribution in [3.8, 4) is 5.75 Å². The molecular weight excluding hydrogens is 230 g/mol. The highest BCUT2D eigenvalue weighted by atomic mass is 16.5. The summed E-state index contributed by atoms with van der Waals surface area (Å²) in [6.07, 6.45) is 2.77. The number of hydrogen-bond donors (Lipinski definition) is 1. The van der Waals surface area contributed by atoms with Gasteiger partial charge < -0.3 is 9.84 Å². The van der Waals surface area contributed by atoms with Gasteiger partial charge in [-0.05, 0) is 24.6 Å². The number of pyridine rings is 1. The highest BCUT2D eigenvalue weighted by molar-refractivity contribution is 5.80. The summed E-state index contributed by atoms with van der Waals surface area (Å²) in [4.78, 5) is 14.7. The zero-order chi connectivity index (χ0) is 13.0. The summed E-state index contributed by atoms with van der Waals surface area (Å²) in [7, 11) is 0. The normalized spacial score (nSPS) is 11.5. The molecule has 0 atom stereocenters. The minimum atomic E-state index is -0.965. The third kappa shape index (κ3) is 3.07. The Bertz CT molecular complexity index is 605. The van der Waals surface area contributed by atoms with Crippen molar-refractivity contribution < 1.29 is 14.6 Å². The van der Waals surface area contributed by atoms with E-state index in [1.807, 2.05) is 30.3 Å². The van der Waals surface area contributed by atoms with Crippen molar-refractivity contribution in [3.63, 3.8) is 0 Å². The van der Waals surface area contributed by atoms with E-state index >= 15 is 0 Å². The Morgan fingerprint density at radius 3 is 3.00 bits per heavy atom. The molecule has 4 nitrogen and oxygen atoms in total. The highest BCUT2D eigenvalue weighted by Crippen LogP contribution is 2.18. The van der Waals surface area contributed by atoms with Crippen LogP contribution in [-0.4, -0.2) is 22.7 Å². The molecule has 1 aromatic heterocycles. The fraction of sp³-hybridized carbons (Fsp3) is 0.143. The minimum absolute atomic E-state index is 0.242. The van der Waals surface area contributed by atoms with Gasteiger partial charge in [-0.15, -0.1) is 0 Å². The predicted molar refractivity (Wildman–Crippen MR) is 68.6 cm³/mol. The van der Waals surface area contributed by atoms with Crippen LogP contribution in [0.3, 0.4) is 0 Å². The smallest absolute Gasteiger partial charge is 0.328 e. The second-order valence-corrected chi connectivity index (χ2v) is 3.98. The number of aliphatic carboxylic acids is 1. The van der Waals surface area contributed by atoms with Gasteiger partial charge >= 0.3 is 5.97 Å². The molecule has 92 valence electrons. The third-order valence-electron chi connectivity index (χ3n) is 2.40. The van der Waals surface area contributed by atoms with Gasteiger partial charge in [-0.25, -0.2) is 4.79 Å². The SMILES string of the molecule is C/C(=C/C(=O)O)COc1cnc2ccccc2c1. The van der Waals surface area contributed by atoms with Gasteiger partial charge in [0.05, 0.1) is 11.7 Å². The molecular formula is C14H13NO3. The second kappa shape index (κ2) is 5.31. The monoisotopic (exact) mass is 243 g/mol. The molecule has 4 heteroatoms. The molecule has 0 radical (unpaired) electrons. The molecule has 0 aliphatic carbocycles. The molecule has 1 aromatic carbocycles. The number of carboxylic acid groups (broad SMARTS) is 1. The Kier molecular flexibility index (Phi) is 3.57. The van der Waals surface area contributed by atoms with Gasteiger partial charge in [-0.2, -0.15) is 0 Å². The van der Waals surface area contributed by atoms with Gasteiger partial charge in [0.2, 0.25) is 0 Å². The third-order valence-corrected chi connectivity index (χ3v) is 2.40. The zero-order valence-electron chi connectivity index (χ0n) is 9.96. The maximum Gasteiger partial charge on any atom is 0.328 e. The van der Waals surface area contributed by atoms with E-state index < -0.39 is 5.97 Å². The largest absolute Gasteiger partial charge is 0.488 e. The van der Waals surface area contributed by atoms with E-state index in [1.165, 1.54) is 0 Å². The lowest BCUT2D eigenvalue weighted by atomic mass is 10.2. The van der Waals surface area contributed by atoms with Crippen molar-refractivity contribution in [2.45, 2.75) is 6.92 Å². The van der Waals surface area contributed by atoms with Gasteiger partial charge in [0, 0.05) is 11.5 Å². The van der Waals surface area contributed by atoms with Crippen LogP contribution >= 0.6 is 0 Å². The summed E-state index contributed by atoms with van der Waals surface area (Å²) in [5.41, 5.74) is 1.55. The molecule has 0 aliphatic heterocycles. The molecule has 2 aromatic rings. The number of aromatic nitrogens is 1. The van der Waals surface area contributed by atoms with Gasteiger partial charge in [0.15, 0.2) is 0 Å². The Morgan fingerprint density at radius 1 is 1.44 bits per heavy atom. The fourth-order valence-corrected chi connectivity index (χ4v) is 1.58. The molecule has 0 bridgehead atoms. The van der Waals surface area contributed by atoms with E-state index in [0.29, 0.717) is 11.3 Å². The average molecular weight is 243 g/mol. The first-order valence-electron chi connectivity index (χ1n) is 5.53. The van der Waals surface area contributed by atoms with Crippen LogP contribution in [-0.2, 0) is 4.79 Å². The van der Waals surface area contributed by atoms with Crippen LogP contribution in [0.2, 0.25) is 0 Å². The zero-order valence-corrected chi connectivity index (χ0v) is 9.96. The van der Waals surface area contributed by atoms with E-state index in [2.05, 4.69) is 4.98 Å². The van der Waals surface area contributed by atoms with Gasteiger partial charge in [-0.3, -0.25) is 4.98 Å². The molecule has 0 saturated heterocycles. The number of fused-ring (bicyclic) bond motifs is 1. The highest BCUT2D eigenvalue weighted by Gasteiger charge is 2.00. The van der Waals surface area contributed by atoms with Crippen LogP contribution in [0.15, 0.2) is 48.2 Å². The number of carbonyl (C=O) groups is 1. The standard InChI is InChI=1S/C14H13NO3/c1-10(6-14(16)17)9-18-12-7-11-4-2-3-5-13(11)15-8-12/h2-8H,9H2,1H3,(H,16,17)/b10-6-. The first-order valence-corrected chi connectivity index (χ1v) is 5.53. The molecule has 0 fully saturated rings. The van der Waals surface area contributed by atoms with E-state index in [1.54, 1.807) is 13.1 Å². The molecule has 0 saturated carbocycles. The van der Waals surface area contributed by atoms with Crippen LogP contribution in [0.1, 0.15) is 6.92 Å². The number of rotatable bonds is 4. The van der Waals surface area contributed by atoms with Crippen LogP contribution < -0.4 is 4.74 Å². The summed E-state index contributed by atoms with van der Waals surface area (Å²) >= 11 is 0. The van der Waals surface area contributed by atoms with Crippen molar-refractivity contribution in [1.29, 1.82) is 0 Å². The van der Waals surface area contributed by atoms with Gasteiger partial charge in [-0.1, -0.05) is 18.2 Å². The van der Waals surface area contributed by atoms with Crippen molar-refractivity contribution in [2.24, 2.45) is 0 Å². The van der Waals surface area contributed by atoms with Crippen LogP contribution in [0, 0.1) is 0 Å². The van der Waals surface area contributed by atoms with Crippen molar-refractivity contribution in [3.05, 3.63) is 48.2 Å². The predicted octanol–water partition coefficient (Wildman–Crippen LogP) is 2.64. The lowest BCUT2D eigenvalue weighted by molar-refractivity contribution is -0.131. The molecule has 1 heterocycles. The number of benzene rings is 1.